The zero-order chi connectivity index (χ0) is 13.1. The summed E-state index contributed by atoms with van der Waals surface area (Å²) in [5.74, 6) is 0.740. The SMILES string of the molecule is COC(CNc1ncnc2c1c(C)nn2C)OC. The molecule has 0 aliphatic rings. The summed E-state index contributed by atoms with van der Waals surface area (Å²) in [6, 6.07) is 0. The van der Waals surface area contributed by atoms with E-state index in [1.807, 2.05) is 14.0 Å². The van der Waals surface area contributed by atoms with Gasteiger partial charge in [-0.1, -0.05) is 0 Å². The lowest BCUT2D eigenvalue weighted by Gasteiger charge is -2.14. The number of methoxy groups -OCH3 is 2. The standard InChI is InChI=1S/C11H17N5O2/c1-7-9-10(12-5-8(17-3)18-4)13-6-14-11(9)16(2)15-7/h6,8H,5H2,1-4H3,(H,12,13,14). The van der Waals surface area contributed by atoms with Gasteiger partial charge in [-0.3, -0.25) is 4.68 Å². The zero-order valence-electron chi connectivity index (χ0n) is 11.0. The second-order valence-electron chi connectivity index (χ2n) is 3.91. The number of nitrogens with zero attached hydrogens (tertiary/aromatic N) is 4. The van der Waals surface area contributed by atoms with E-state index in [1.54, 1.807) is 18.9 Å². The molecule has 1 N–H and O–H groups in total. The number of ether oxygens (including phenoxy) is 2. The van der Waals surface area contributed by atoms with Crippen molar-refractivity contribution in [3.63, 3.8) is 0 Å². The second-order valence-corrected chi connectivity index (χ2v) is 3.91. The third-order valence-corrected chi connectivity index (χ3v) is 2.76. The van der Waals surface area contributed by atoms with E-state index in [9.17, 15) is 0 Å². The number of fused-ring (bicyclic) bond motifs is 1. The maximum absolute atomic E-state index is 5.12. The second kappa shape index (κ2) is 5.28. The average molecular weight is 251 g/mol. The number of aromatic nitrogens is 4. The van der Waals surface area contributed by atoms with E-state index >= 15 is 0 Å². The van der Waals surface area contributed by atoms with Crippen molar-refractivity contribution in [1.29, 1.82) is 0 Å². The van der Waals surface area contributed by atoms with Crippen LogP contribution in [0, 0.1) is 6.92 Å². The first-order valence-corrected chi connectivity index (χ1v) is 5.61. The van der Waals surface area contributed by atoms with Crippen LogP contribution in [-0.2, 0) is 16.5 Å². The number of hydrogen-bond acceptors (Lipinski definition) is 6. The lowest BCUT2D eigenvalue weighted by Crippen LogP contribution is -2.24. The molecule has 0 atom stereocenters. The molecular formula is C11H17N5O2. The van der Waals surface area contributed by atoms with E-state index in [-0.39, 0.29) is 6.29 Å². The van der Waals surface area contributed by atoms with Gasteiger partial charge in [-0.15, -0.1) is 0 Å². The first-order valence-electron chi connectivity index (χ1n) is 5.61. The van der Waals surface area contributed by atoms with Crippen LogP contribution in [0.5, 0.6) is 0 Å². The van der Waals surface area contributed by atoms with Gasteiger partial charge in [0.2, 0.25) is 0 Å². The van der Waals surface area contributed by atoms with Gasteiger partial charge in [0, 0.05) is 21.3 Å². The summed E-state index contributed by atoms with van der Waals surface area (Å²) in [7, 11) is 5.06. The number of aryl methyl sites for hydroxylation is 2. The first kappa shape index (κ1) is 12.7. The molecule has 2 heterocycles. The fourth-order valence-electron chi connectivity index (χ4n) is 1.85. The summed E-state index contributed by atoms with van der Waals surface area (Å²) in [5.41, 5.74) is 1.69. The lowest BCUT2D eigenvalue weighted by atomic mass is 10.3. The van der Waals surface area contributed by atoms with Gasteiger partial charge in [0.1, 0.15) is 12.1 Å². The maximum Gasteiger partial charge on any atom is 0.173 e. The number of rotatable bonds is 5. The molecule has 2 aromatic rings. The fourth-order valence-corrected chi connectivity index (χ4v) is 1.85. The molecule has 0 saturated carbocycles. The largest absolute Gasteiger partial charge is 0.364 e. The smallest absolute Gasteiger partial charge is 0.173 e. The van der Waals surface area contributed by atoms with Gasteiger partial charge in [-0.2, -0.15) is 5.10 Å². The molecule has 0 unspecified atom stereocenters. The van der Waals surface area contributed by atoms with E-state index in [1.165, 1.54) is 6.33 Å². The van der Waals surface area contributed by atoms with Crippen LogP contribution in [-0.4, -0.2) is 46.8 Å². The minimum absolute atomic E-state index is 0.313. The molecule has 98 valence electrons. The molecule has 0 amide bonds. The highest BCUT2D eigenvalue weighted by Crippen LogP contribution is 2.21. The van der Waals surface area contributed by atoms with Crippen LogP contribution in [0.4, 0.5) is 5.82 Å². The van der Waals surface area contributed by atoms with Crippen molar-refractivity contribution in [1.82, 2.24) is 19.7 Å². The molecule has 0 aliphatic heterocycles. The summed E-state index contributed by atoms with van der Waals surface area (Å²) in [5, 5.41) is 8.44. The lowest BCUT2D eigenvalue weighted by molar-refractivity contribution is -0.0914. The number of hydrogen-bond donors (Lipinski definition) is 1. The highest BCUT2D eigenvalue weighted by molar-refractivity contribution is 5.88. The average Bonchev–Trinajstić information content (AvgIpc) is 2.67. The molecule has 18 heavy (non-hydrogen) atoms. The molecule has 7 nitrogen and oxygen atoms in total. The topological polar surface area (TPSA) is 74.1 Å². The Labute approximate surface area is 105 Å². The predicted octanol–water partition coefficient (Wildman–Crippen LogP) is 0.703. The molecular weight excluding hydrogens is 234 g/mol. The van der Waals surface area contributed by atoms with Crippen LogP contribution in [0.2, 0.25) is 0 Å². The third kappa shape index (κ3) is 2.27. The Balaban J connectivity index is 2.28. The Morgan fingerprint density at radius 2 is 2.06 bits per heavy atom. The summed E-state index contributed by atoms with van der Waals surface area (Å²) in [4.78, 5) is 8.45. The number of anilines is 1. The van der Waals surface area contributed by atoms with E-state index in [4.69, 9.17) is 9.47 Å². The van der Waals surface area contributed by atoms with Gasteiger partial charge >= 0.3 is 0 Å². The van der Waals surface area contributed by atoms with Gasteiger partial charge in [0.05, 0.1) is 17.6 Å². The highest BCUT2D eigenvalue weighted by Gasteiger charge is 2.13. The Bertz CT molecular complexity index is 535. The monoisotopic (exact) mass is 251 g/mol. The van der Waals surface area contributed by atoms with Crippen LogP contribution in [0.15, 0.2) is 6.33 Å². The summed E-state index contributed by atoms with van der Waals surface area (Å²) in [6.07, 6.45) is 1.20. The van der Waals surface area contributed by atoms with E-state index in [2.05, 4.69) is 20.4 Å². The summed E-state index contributed by atoms with van der Waals surface area (Å²) >= 11 is 0. The van der Waals surface area contributed by atoms with Gasteiger partial charge in [-0.05, 0) is 6.92 Å². The molecule has 0 spiro atoms. The summed E-state index contributed by atoms with van der Waals surface area (Å²) in [6.45, 7) is 2.44. The highest BCUT2D eigenvalue weighted by atomic mass is 16.7. The van der Waals surface area contributed by atoms with Crippen LogP contribution < -0.4 is 5.32 Å². The van der Waals surface area contributed by atoms with E-state index in [0.29, 0.717) is 6.54 Å². The minimum Gasteiger partial charge on any atom is -0.364 e. The van der Waals surface area contributed by atoms with Crippen LogP contribution in [0.25, 0.3) is 11.0 Å². The molecule has 0 radical (unpaired) electrons. The van der Waals surface area contributed by atoms with Crippen molar-refractivity contribution in [2.24, 2.45) is 7.05 Å². The molecule has 2 aromatic heterocycles. The predicted molar refractivity (Wildman–Crippen MR) is 67.3 cm³/mol. The van der Waals surface area contributed by atoms with Crippen molar-refractivity contribution < 1.29 is 9.47 Å². The quantitative estimate of drug-likeness (QED) is 0.789. The summed E-state index contributed by atoms with van der Waals surface area (Å²) < 4.78 is 12.0. The molecule has 2 rings (SSSR count). The van der Waals surface area contributed by atoms with Crippen LogP contribution >= 0.6 is 0 Å². The zero-order valence-corrected chi connectivity index (χ0v) is 11.0. The maximum atomic E-state index is 5.12. The molecule has 0 aliphatic carbocycles. The Kier molecular flexibility index (Phi) is 3.73. The fraction of sp³-hybridized carbons (Fsp3) is 0.545. The Morgan fingerprint density at radius 3 is 2.72 bits per heavy atom. The molecule has 0 bridgehead atoms. The van der Waals surface area contributed by atoms with Gasteiger partial charge in [0.25, 0.3) is 0 Å². The third-order valence-electron chi connectivity index (χ3n) is 2.76. The van der Waals surface area contributed by atoms with E-state index in [0.717, 1.165) is 22.5 Å². The van der Waals surface area contributed by atoms with Crippen molar-refractivity contribution >= 4 is 16.9 Å². The van der Waals surface area contributed by atoms with Gasteiger partial charge in [-0.25, -0.2) is 9.97 Å². The van der Waals surface area contributed by atoms with Crippen molar-refractivity contribution in [3.05, 3.63) is 12.0 Å². The first-order chi connectivity index (χ1) is 8.67. The van der Waals surface area contributed by atoms with Crippen molar-refractivity contribution in [2.75, 3.05) is 26.1 Å². The minimum atomic E-state index is -0.313. The normalized spacial score (nSPS) is 11.4. The number of nitrogens with one attached hydrogen (secondary N) is 1. The van der Waals surface area contributed by atoms with Gasteiger partial charge in [0.15, 0.2) is 11.9 Å². The van der Waals surface area contributed by atoms with Crippen LogP contribution in [0.3, 0.4) is 0 Å². The van der Waals surface area contributed by atoms with Crippen molar-refractivity contribution in [3.8, 4) is 0 Å². The Hall–Kier alpha value is -1.73. The molecule has 7 heteroatoms. The van der Waals surface area contributed by atoms with Crippen LogP contribution in [0.1, 0.15) is 5.69 Å². The Morgan fingerprint density at radius 1 is 1.33 bits per heavy atom. The van der Waals surface area contributed by atoms with E-state index < -0.39 is 0 Å². The van der Waals surface area contributed by atoms with Crippen molar-refractivity contribution in [2.45, 2.75) is 13.2 Å². The molecule has 0 fully saturated rings. The molecule has 0 aromatic carbocycles. The molecule has 0 saturated heterocycles. The van der Waals surface area contributed by atoms with Gasteiger partial charge < -0.3 is 14.8 Å².